The molecule has 0 aliphatic rings. The van der Waals surface area contributed by atoms with Crippen molar-refractivity contribution in [3.05, 3.63) is 23.0 Å². The van der Waals surface area contributed by atoms with Crippen LogP contribution in [0.15, 0.2) is 5.38 Å². The molecule has 10 heavy (non-hydrogen) atoms. The first-order chi connectivity index (χ1) is 4.50. The van der Waals surface area contributed by atoms with Crippen molar-refractivity contribution in [2.75, 3.05) is 0 Å². The van der Waals surface area contributed by atoms with Crippen LogP contribution in [-0.2, 0) is 5.60 Å². The van der Waals surface area contributed by atoms with E-state index < -0.39 is 5.60 Å². The second-order valence-electron chi connectivity index (χ2n) is 2.70. The van der Waals surface area contributed by atoms with E-state index in [2.05, 4.69) is 11.9 Å². The van der Waals surface area contributed by atoms with Gasteiger partial charge >= 0.3 is 0 Å². The summed E-state index contributed by atoms with van der Waals surface area (Å²) >= 11 is 1.43. The molecule has 0 amide bonds. The van der Waals surface area contributed by atoms with E-state index in [0.717, 1.165) is 10.7 Å². The Morgan fingerprint density at radius 2 is 2.30 bits per heavy atom. The van der Waals surface area contributed by atoms with E-state index in [0.29, 0.717) is 0 Å². The Labute approximate surface area is 64.5 Å². The SMILES string of the molecule is [CH2]c1csc(C(C)(C)O)n1. The minimum atomic E-state index is -0.819. The van der Waals surface area contributed by atoms with Crippen molar-refractivity contribution in [3.8, 4) is 0 Å². The normalized spacial score (nSPS) is 12.0. The van der Waals surface area contributed by atoms with E-state index >= 15 is 0 Å². The summed E-state index contributed by atoms with van der Waals surface area (Å²) < 4.78 is 0. The van der Waals surface area contributed by atoms with Crippen LogP contribution in [-0.4, -0.2) is 10.1 Å². The topological polar surface area (TPSA) is 33.1 Å². The third-order valence-corrected chi connectivity index (χ3v) is 2.28. The average Bonchev–Trinajstić information content (AvgIpc) is 2.11. The fourth-order valence-corrected chi connectivity index (χ4v) is 1.35. The minimum Gasteiger partial charge on any atom is -0.383 e. The van der Waals surface area contributed by atoms with Crippen LogP contribution in [0.2, 0.25) is 0 Å². The Bertz CT molecular complexity index is 224. The lowest BCUT2D eigenvalue weighted by molar-refractivity contribution is 0.0782. The van der Waals surface area contributed by atoms with Crippen LogP contribution in [0.4, 0.5) is 0 Å². The average molecular weight is 156 g/mol. The molecule has 1 aromatic heterocycles. The summed E-state index contributed by atoms with van der Waals surface area (Å²) in [7, 11) is 0. The van der Waals surface area contributed by atoms with E-state index in [1.54, 1.807) is 13.8 Å². The molecule has 0 spiro atoms. The minimum absolute atomic E-state index is 0.720. The summed E-state index contributed by atoms with van der Waals surface area (Å²) in [4.78, 5) is 4.04. The molecule has 1 rings (SSSR count). The molecule has 1 radical (unpaired) electrons. The first-order valence-electron chi connectivity index (χ1n) is 3.00. The van der Waals surface area contributed by atoms with E-state index in [1.165, 1.54) is 11.3 Å². The molecule has 0 atom stereocenters. The standard InChI is InChI=1S/C7H10NOS/c1-5-4-10-6(8-5)7(2,3)9/h4,9H,1H2,2-3H3. The molecule has 2 nitrogen and oxygen atoms in total. The van der Waals surface area contributed by atoms with E-state index in [4.69, 9.17) is 0 Å². The van der Waals surface area contributed by atoms with Gasteiger partial charge in [0, 0.05) is 5.38 Å². The fraction of sp³-hybridized carbons (Fsp3) is 0.429. The van der Waals surface area contributed by atoms with Gasteiger partial charge in [-0.2, -0.15) is 0 Å². The number of rotatable bonds is 1. The molecule has 1 heterocycles. The van der Waals surface area contributed by atoms with Gasteiger partial charge in [0.25, 0.3) is 0 Å². The highest BCUT2D eigenvalue weighted by Gasteiger charge is 2.18. The first kappa shape index (κ1) is 7.69. The maximum atomic E-state index is 9.42. The van der Waals surface area contributed by atoms with Gasteiger partial charge in [0.05, 0.1) is 5.69 Å². The lowest BCUT2D eigenvalue weighted by Gasteiger charge is -2.12. The molecule has 0 aliphatic heterocycles. The van der Waals surface area contributed by atoms with E-state index in [-0.39, 0.29) is 0 Å². The van der Waals surface area contributed by atoms with Crippen molar-refractivity contribution in [3.63, 3.8) is 0 Å². The van der Waals surface area contributed by atoms with Gasteiger partial charge in [0.1, 0.15) is 10.6 Å². The second kappa shape index (κ2) is 2.32. The molecule has 3 heteroatoms. The van der Waals surface area contributed by atoms with Crippen LogP contribution in [0.25, 0.3) is 0 Å². The van der Waals surface area contributed by atoms with Crippen LogP contribution in [0.3, 0.4) is 0 Å². The summed E-state index contributed by atoms with van der Waals surface area (Å²) in [5.74, 6) is 0. The van der Waals surface area contributed by atoms with Crippen LogP contribution in [0.1, 0.15) is 24.5 Å². The highest BCUT2D eigenvalue weighted by Crippen LogP contribution is 2.22. The molecule has 1 aromatic rings. The molecular weight excluding hydrogens is 146 g/mol. The number of thiazole rings is 1. The maximum absolute atomic E-state index is 9.42. The van der Waals surface area contributed by atoms with Gasteiger partial charge in [-0.3, -0.25) is 0 Å². The second-order valence-corrected chi connectivity index (χ2v) is 3.56. The van der Waals surface area contributed by atoms with Crippen molar-refractivity contribution >= 4 is 11.3 Å². The summed E-state index contributed by atoms with van der Waals surface area (Å²) in [6, 6.07) is 0. The molecule has 0 bridgehead atoms. The number of hydrogen-bond acceptors (Lipinski definition) is 3. The largest absolute Gasteiger partial charge is 0.383 e. The Morgan fingerprint density at radius 1 is 1.70 bits per heavy atom. The Hall–Kier alpha value is -0.410. The van der Waals surface area contributed by atoms with Crippen molar-refractivity contribution < 1.29 is 5.11 Å². The summed E-state index contributed by atoms with van der Waals surface area (Å²) in [6.07, 6.45) is 0. The van der Waals surface area contributed by atoms with Crippen LogP contribution in [0, 0.1) is 6.92 Å². The molecule has 0 fully saturated rings. The lowest BCUT2D eigenvalue weighted by Crippen LogP contribution is -2.14. The Balaban J connectivity index is 2.96. The summed E-state index contributed by atoms with van der Waals surface area (Å²) in [6.45, 7) is 7.07. The molecule has 55 valence electrons. The molecule has 0 saturated carbocycles. The first-order valence-corrected chi connectivity index (χ1v) is 3.88. The third-order valence-electron chi connectivity index (χ3n) is 1.08. The van der Waals surface area contributed by atoms with Gasteiger partial charge in [-0.1, -0.05) is 0 Å². The number of hydrogen-bond donors (Lipinski definition) is 1. The molecule has 1 N–H and O–H groups in total. The predicted octanol–water partition coefficient (Wildman–Crippen LogP) is 1.55. The molecule has 0 unspecified atom stereocenters. The maximum Gasteiger partial charge on any atom is 0.124 e. The van der Waals surface area contributed by atoms with Gasteiger partial charge in [-0.05, 0) is 20.8 Å². The van der Waals surface area contributed by atoms with Crippen LogP contribution < -0.4 is 0 Å². The molecule has 0 aliphatic carbocycles. The number of aliphatic hydroxyl groups is 1. The van der Waals surface area contributed by atoms with Crippen LogP contribution >= 0.6 is 11.3 Å². The zero-order valence-electron chi connectivity index (χ0n) is 6.09. The zero-order valence-corrected chi connectivity index (χ0v) is 6.90. The van der Waals surface area contributed by atoms with Gasteiger partial charge in [0.2, 0.25) is 0 Å². The highest BCUT2D eigenvalue weighted by molar-refractivity contribution is 7.09. The highest BCUT2D eigenvalue weighted by atomic mass is 32.1. The summed E-state index contributed by atoms with van der Waals surface area (Å²) in [5.41, 5.74) is -0.0947. The Morgan fingerprint density at radius 3 is 2.50 bits per heavy atom. The van der Waals surface area contributed by atoms with E-state index in [9.17, 15) is 5.11 Å². The zero-order chi connectivity index (χ0) is 7.78. The van der Waals surface area contributed by atoms with Crippen LogP contribution in [0.5, 0.6) is 0 Å². The quantitative estimate of drug-likeness (QED) is 0.669. The number of aromatic nitrogens is 1. The summed E-state index contributed by atoms with van der Waals surface area (Å²) in [5, 5.41) is 12.0. The molecule has 0 saturated heterocycles. The van der Waals surface area contributed by atoms with E-state index in [1.807, 2.05) is 5.38 Å². The van der Waals surface area contributed by atoms with Crippen molar-refractivity contribution in [1.82, 2.24) is 4.98 Å². The van der Waals surface area contributed by atoms with Crippen molar-refractivity contribution in [2.24, 2.45) is 0 Å². The molecular formula is C7H10NOS. The van der Waals surface area contributed by atoms with Gasteiger partial charge in [-0.15, -0.1) is 11.3 Å². The third kappa shape index (κ3) is 1.55. The monoisotopic (exact) mass is 156 g/mol. The fourth-order valence-electron chi connectivity index (χ4n) is 0.588. The van der Waals surface area contributed by atoms with Gasteiger partial charge < -0.3 is 5.11 Å². The Kier molecular flexibility index (Phi) is 1.79. The molecule has 0 aromatic carbocycles. The predicted molar refractivity (Wildman–Crippen MR) is 41.8 cm³/mol. The van der Waals surface area contributed by atoms with Crippen molar-refractivity contribution in [1.29, 1.82) is 0 Å². The smallest absolute Gasteiger partial charge is 0.124 e. The van der Waals surface area contributed by atoms with Gasteiger partial charge in [-0.25, -0.2) is 4.98 Å². The van der Waals surface area contributed by atoms with Crippen molar-refractivity contribution in [2.45, 2.75) is 19.4 Å². The van der Waals surface area contributed by atoms with Gasteiger partial charge in [0.15, 0.2) is 0 Å². The number of nitrogens with zero attached hydrogens (tertiary/aromatic N) is 1. The lowest BCUT2D eigenvalue weighted by atomic mass is 10.2.